The summed E-state index contributed by atoms with van der Waals surface area (Å²) in [6, 6.07) is 1.94. The van der Waals surface area contributed by atoms with E-state index >= 15 is 0 Å². The Morgan fingerprint density at radius 3 is 2.73 bits per heavy atom. The van der Waals surface area contributed by atoms with Crippen molar-refractivity contribution >= 4 is 21.7 Å². The smallest absolute Gasteiger partial charge is 0.133 e. The molecule has 0 spiro atoms. The van der Waals surface area contributed by atoms with Crippen LogP contribution >= 0.6 is 15.9 Å². The van der Waals surface area contributed by atoms with Crippen LogP contribution in [0.2, 0.25) is 0 Å². The van der Waals surface area contributed by atoms with Gasteiger partial charge in [0.1, 0.15) is 16.7 Å². The van der Waals surface area contributed by atoms with E-state index in [4.69, 9.17) is 0 Å². The van der Waals surface area contributed by atoms with Gasteiger partial charge in [0.25, 0.3) is 0 Å². The number of rotatable bonds is 1. The van der Waals surface area contributed by atoms with Crippen LogP contribution < -0.4 is 4.90 Å². The lowest BCUT2D eigenvalue weighted by Crippen LogP contribution is -2.37. The molecular weight excluding hydrogens is 206 g/mol. The second-order valence-electron chi connectivity index (χ2n) is 2.54. The third-order valence-corrected chi connectivity index (χ3v) is 2.23. The molecular formula is C7H8BrN3. The second-order valence-corrected chi connectivity index (χ2v) is 3.35. The van der Waals surface area contributed by atoms with Crippen molar-refractivity contribution in [2.24, 2.45) is 0 Å². The van der Waals surface area contributed by atoms with E-state index in [2.05, 4.69) is 30.8 Å². The molecule has 3 nitrogen and oxygen atoms in total. The van der Waals surface area contributed by atoms with Gasteiger partial charge in [0.05, 0.1) is 0 Å². The van der Waals surface area contributed by atoms with E-state index in [0.717, 1.165) is 23.5 Å². The summed E-state index contributed by atoms with van der Waals surface area (Å²) in [5.41, 5.74) is 0. The van der Waals surface area contributed by atoms with E-state index in [9.17, 15) is 0 Å². The maximum absolute atomic E-state index is 4.15. The van der Waals surface area contributed by atoms with Gasteiger partial charge in [-0.3, -0.25) is 0 Å². The maximum Gasteiger partial charge on any atom is 0.133 e. The van der Waals surface area contributed by atoms with Crippen LogP contribution in [0.25, 0.3) is 0 Å². The molecule has 4 heteroatoms. The second kappa shape index (κ2) is 2.77. The fourth-order valence-corrected chi connectivity index (χ4v) is 1.34. The highest BCUT2D eigenvalue weighted by atomic mass is 79.9. The number of halogens is 1. The predicted octanol–water partition coefficient (Wildman–Crippen LogP) is 1.45. The molecule has 1 fully saturated rings. The molecule has 0 aromatic carbocycles. The average molecular weight is 214 g/mol. The molecule has 1 saturated heterocycles. The van der Waals surface area contributed by atoms with Gasteiger partial charge >= 0.3 is 0 Å². The first kappa shape index (κ1) is 7.03. The third-order valence-electron chi connectivity index (χ3n) is 1.80. The normalized spacial score (nSPS) is 16.3. The highest BCUT2D eigenvalue weighted by Crippen LogP contribution is 2.19. The molecule has 0 N–H and O–H groups in total. The summed E-state index contributed by atoms with van der Waals surface area (Å²) < 4.78 is 0.856. The molecule has 0 atom stereocenters. The van der Waals surface area contributed by atoms with Gasteiger partial charge in [-0.05, 0) is 22.4 Å². The number of anilines is 1. The SMILES string of the molecule is Brc1cc(N2CCC2)ncn1. The van der Waals surface area contributed by atoms with E-state index in [1.807, 2.05) is 6.07 Å². The van der Waals surface area contributed by atoms with E-state index in [0.29, 0.717) is 0 Å². The van der Waals surface area contributed by atoms with Crippen LogP contribution in [-0.2, 0) is 0 Å². The zero-order chi connectivity index (χ0) is 7.68. The van der Waals surface area contributed by atoms with Crippen molar-refractivity contribution in [1.29, 1.82) is 0 Å². The summed E-state index contributed by atoms with van der Waals surface area (Å²) in [4.78, 5) is 10.3. The van der Waals surface area contributed by atoms with Crippen LogP contribution in [-0.4, -0.2) is 23.1 Å². The fraction of sp³-hybridized carbons (Fsp3) is 0.429. The Morgan fingerprint density at radius 1 is 1.36 bits per heavy atom. The lowest BCUT2D eigenvalue weighted by atomic mass is 10.2. The van der Waals surface area contributed by atoms with Crippen molar-refractivity contribution in [3.05, 3.63) is 17.0 Å². The van der Waals surface area contributed by atoms with Gasteiger partial charge in [0.15, 0.2) is 0 Å². The highest BCUT2D eigenvalue weighted by molar-refractivity contribution is 9.10. The van der Waals surface area contributed by atoms with Gasteiger partial charge in [0.2, 0.25) is 0 Å². The van der Waals surface area contributed by atoms with E-state index < -0.39 is 0 Å². The molecule has 1 aromatic heterocycles. The van der Waals surface area contributed by atoms with E-state index in [-0.39, 0.29) is 0 Å². The number of aromatic nitrogens is 2. The molecule has 2 heterocycles. The molecule has 1 aliphatic heterocycles. The van der Waals surface area contributed by atoms with Gasteiger partial charge < -0.3 is 4.90 Å². The fourth-order valence-electron chi connectivity index (χ4n) is 1.04. The summed E-state index contributed by atoms with van der Waals surface area (Å²) >= 11 is 3.31. The molecule has 11 heavy (non-hydrogen) atoms. The molecule has 0 bridgehead atoms. The lowest BCUT2D eigenvalue weighted by molar-refractivity contribution is 0.608. The first-order chi connectivity index (χ1) is 5.36. The number of nitrogens with zero attached hydrogens (tertiary/aromatic N) is 3. The molecule has 0 aliphatic carbocycles. The van der Waals surface area contributed by atoms with E-state index in [1.54, 1.807) is 6.33 Å². The Bertz CT molecular complexity index is 260. The molecule has 58 valence electrons. The summed E-state index contributed by atoms with van der Waals surface area (Å²) in [6.45, 7) is 2.26. The zero-order valence-electron chi connectivity index (χ0n) is 6.00. The van der Waals surface area contributed by atoms with Gasteiger partial charge in [-0.25, -0.2) is 9.97 Å². The van der Waals surface area contributed by atoms with Crippen molar-refractivity contribution in [1.82, 2.24) is 9.97 Å². The van der Waals surface area contributed by atoms with Gasteiger partial charge in [0, 0.05) is 19.2 Å². The maximum atomic E-state index is 4.15. The van der Waals surface area contributed by atoms with Crippen molar-refractivity contribution in [3.8, 4) is 0 Å². The van der Waals surface area contributed by atoms with Crippen molar-refractivity contribution < 1.29 is 0 Å². The minimum absolute atomic E-state index is 0.856. The first-order valence-corrected chi connectivity index (χ1v) is 4.38. The number of hydrogen-bond donors (Lipinski definition) is 0. The van der Waals surface area contributed by atoms with Crippen molar-refractivity contribution in [2.75, 3.05) is 18.0 Å². The van der Waals surface area contributed by atoms with Gasteiger partial charge in [-0.2, -0.15) is 0 Å². The summed E-state index contributed by atoms with van der Waals surface area (Å²) in [5.74, 6) is 1.03. The van der Waals surface area contributed by atoms with Crippen molar-refractivity contribution in [3.63, 3.8) is 0 Å². The first-order valence-electron chi connectivity index (χ1n) is 3.59. The molecule has 0 radical (unpaired) electrons. The van der Waals surface area contributed by atoms with E-state index in [1.165, 1.54) is 6.42 Å². The van der Waals surface area contributed by atoms with Crippen LogP contribution in [0.3, 0.4) is 0 Å². The van der Waals surface area contributed by atoms with Gasteiger partial charge in [-0.15, -0.1) is 0 Å². The number of hydrogen-bond acceptors (Lipinski definition) is 3. The van der Waals surface area contributed by atoms with Crippen LogP contribution in [0.5, 0.6) is 0 Å². The molecule has 0 unspecified atom stereocenters. The van der Waals surface area contributed by atoms with Crippen molar-refractivity contribution in [2.45, 2.75) is 6.42 Å². The van der Waals surface area contributed by atoms with Crippen LogP contribution in [0.1, 0.15) is 6.42 Å². The Labute approximate surface area is 73.6 Å². The summed E-state index contributed by atoms with van der Waals surface area (Å²) in [7, 11) is 0. The zero-order valence-corrected chi connectivity index (χ0v) is 7.58. The van der Waals surface area contributed by atoms with Gasteiger partial charge in [-0.1, -0.05) is 0 Å². The monoisotopic (exact) mass is 213 g/mol. The third kappa shape index (κ3) is 1.35. The molecule has 1 aromatic rings. The minimum atomic E-state index is 0.856. The quantitative estimate of drug-likeness (QED) is 0.662. The summed E-state index contributed by atoms with van der Waals surface area (Å²) in [5, 5.41) is 0. The molecule has 2 rings (SSSR count). The van der Waals surface area contributed by atoms with Crippen LogP contribution in [0.15, 0.2) is 17.0 Å². The predicted molar refractivity (Wildman–Crippen MR) is 46.6 cm³/mol. The van der Waals surface area contributed by atoms with Crippen LogP contribution in [0.4, 0.5) is 5.82 Å². The topological polar surface area (TPSA) is 29.0 Å². The molecule has 0 saturated carbocycles. The Balaban J connectivity index is 2.23. The lowest BCUT2D eigenvalue weighted by Gasteiger charge is -2.31. The Morgan fingerprint density at radius 2 is 2.18 bits per heavy atom. The molecule has 0 amide bonds. The average Bonchev–Trinajstić information content (AvgIpc) is 1.83. The standard InChI is InChI=1S/C7H8BrN3/c8-6-4-7(10-5-9-6)11-2-1-3-11/h4-5H,1-3H2. The summed E-state index contributed by atoms with van der Waals surface area (Å²) in [6.07, 6.45) is 2.86. The highest BCUT2D eigenvalue weighted by Gasteiger charge is 2.15. The Hall–Kier alpha value is -0.640. The Kier molecular flexibility index (Phi) is 1.77. The molecule has 1 aliphatic rings. The van der Waals surface area contributed by atoms with Crippen LogP contribution in [0, 0.1) is 0 Å². The minimum Gasteiger partial charge on any atom is -0.356 e. The largest absolute Gasteiger partial charge is 0.356 e.